The van der Waals surface area contributed by atoms with Gasteiger partial charge in [-0.2, -0.15) is 0 Å². The molecular weight excluding hydrogens is 144 g/mol. The van der Waals surface area contributed by atoms with Crippen LogP contribution in [0.2, 0.25) is 0 Å². The first-order valence-electron chi connectivity index (χ1n) is 3.54. The van der Waals surface area contributed by atoms with Crippen molar-refractivity contribution in [2.75, 3.05) is 0 Å². The summed E-state index contributed by atoms with van der Waals surface area (Å²) in [5.74, 6) is 1.45. The number of hydrogen-bond donors (Lipinski definition) is 1. The zero-order chi connectivity index (χ0) is 7.84. The van der Waals surface area contributed by atoms with Crippen LogP contribution in [-0.2, 0) is 13.0 Å². The molecule has 1 aliphatic heterocycles. The largest absolute Gasteiger partial charge is 0.330 e. The molecule has 0 spiro atoms. The van der Waals surface area contributed by atoms with Gasteiger partial charge in [0.05, 0.1) is 6.54 Å². The first-order chi connectivity index (χ1) is 5.33. The summed E-state index contributed by atoms with van der Waals surface area (Å²) >= 11 is 0. The maximum absolute atomic E-state index is 11.1. The molecule has 2 rings (SSSR count). The standard InChI is InChI=1S/C6H8N4O/c1-2-4-8-9-5-3-7-6(11)10(4)5/h2-3H2,1H3,(H,7,11). The van der Waals surface area contributed by atoms with Crippen LogP contribution in [0.25, 0.3) is 0 Å². The van der Waals surface area contributed by atoms with Gasteiger partial charge < -0.3 is 5.32 Å². The third kappa shape index (κ3) is 0.736. The highest BCUT2D eigenvalue weighted by Crippen LogP contribution is 2.07. The van der Waals surface area contributed by atoms with E-state index in [0.717, 1.165) is 12.2 Å². The van der Waals surface area contributed by atoms with Gasteiger partial charge in [-0.15, -0.1) is 10.2 Å². The SMILES string of the molecule is CCc1nnc2n1C(=O)NC2. The second-order valence-electron chi connectivity index (χ2n) is 2.38. The van der Waals surface area contributed by atoms with E-state index in [0.29, 0.717) is 12.4 Å². The first-order valence-corrected chi connectivity index (χ1v) is 3.54. The number of nitrogens with zero attached hydrogens (tertiary/aromatic N) is 3. The summed E-state index contributed by atoms with van der Waals surface area (Å²) in [6.07, 6.45) is 0.737. The number of aromatic nitrogens is 3. The van der Waals surface area contributed by atoms with Gasteiger partial charge in [-0.3, -0.25) is 0 Å². The van der Waals surface area contributed by atoms with E-state index in [2.05, 4.69) is 15.5 Å². The molecule has 0 atom stereocenters. The van der Waals surface area contributed by atoms with Gasteiger partial charge >= 0.3 is 6.03 Å². The number of fused-ring (bicyclic) bond motifs is 1. The molecule has 1 aromatic heterocycles. The summed E-state index contributed by atoms with van der Waals surface area (Å²) in [6, 6.07) is -0.109. The predicted molar refractivity (Wildman–Crippen MR) is 37.0 cm³/mol. The van der Waals surface area contributed by atoms with E-state index in [-0.39, 0.29) is 6.03 Å². The molecule has 0 aliphatic carbocycles. The zero-order valence-electron chi connectivity index (χ0n) is 6.16. The minimum absolute atomic E-state index is 0.109. The summed E-state index contributed by atoms with van der Waals surface area (Å²) in [4.78, 5) is 11.1. The second kappa shape index (κ2) is 2.05. The second-order valence-corrected chi connectivity index (χ2v) is 2.38. The number of carbonyl (C=O) groups excluding carboxylic acids is 1. The Morgan fingerprint density at radius 1 is 1.64 bits per heavy atom. The number of carbonyl (C=O) groups is 1. The normalized spacial score (nSPS) is 14.8. The van der Waals surface area contributed by atoms with Gasteiger partial charge in [-0.05, 0) is 0 Å². The number of amides is 1. The fourth-order valence-electron chi connectivity index (χ4n) is 1.17. The summed E-state index contributed by atoms with van der Waals surface area (Å²) in [7, 11) is 0. The molecule has 0 unspecified atom stereocenters. The quantitative estimate of drug-likeness (QED) is 0.611. The Balaban J connectivity index is 2.54. The number of rotatable bonds is 1. The third-order valence-corrected chi connectivity index (χ3v) is 1.71. The molecule has 1 aromatic rings. The maximum atomic E-state index is 11.1. The topological polar surface area (TPSA) is 59.8 Å². The lowest BCUT2D eigenvalue weighted by Gasteiger charge is -1.95. The molecule has 11 heavy (non-hydrogen) atoms. The Morgan fingerprint density at radius 3 is 3.18 bits per heavy atom. The summed E-state index contributed by atoms with van der Waals surface area (Å²) in [6.45, 7) is 2.45. The molecule has 0 radical (unpaired) electrons. The molecule has 1 amide bonds. The van der Waals surface area contributed by atoms with Crippen LogP contribution in [0.15, 0.2) is 0 Å². The van der Waals surface area contributed by atoms with Gasteiger partial charge in [0.2, 0.25) is 0 Å². The van der Waals surface area contributed by atoms with E-state index in [1.54, 1.807) is 0 Å². The minimum Gasteiger partial charge on any atom is -0.330 e. The molecule has 1 N–H and O–H groups in total. The summed E-state index contributed by atoms with van der Waals surface area (Å²) in [5, 5.41) is 10.4. The number of nitrogens with one attached hydrogen (secondary N) is 1. The van der Waals surface area contributed by atoms with E-state index < -0.39 is 0 Å². The van der Waals surface area contributed by atoms with Gasteiger partial charge in [0.1, 0.15) is 5.82 Å². The van der Waals surface area contributed by atoms with Crippen LogP contribution in [-0.4, -0.2) is 20.8 Å². The van der Waals surface area contributed by atoms with Crippen molar-refractivity contribution in [3.8, 4) is 0 Å². The van der Waals surface area contributed by atoms with Crippen LogP contribution in [0.5, 0.6) is 0 Å². The molecule has 0 bridgehead atoms. The molecule has 1 aliphatic rings. The van der Waals surface area contributed by atoms with E-state index in [1.807, 2.05) is 6.92 Å². The van der Waals surface area contributed by atoms with Crippen LogP contribution < -0.4 is 5.32 Å². The highest BCUT2D eigenvalue weighted by Gasteiger charge is 2.22. The van der Waals surface area contributed by atoms with Crippen molar-refractivity contribution in [1.29, 1.82) is 0 Å². The minimum atomic E-state index is -0.109. The molecule has 5 nitrogen and oxygen atoms in total. The van der Waals surface area contributed by atoms with E-state index in [4.69, 9.17) is 0 Å². The smallest absolute Gasteiger partial charge is 0.328 e. The lowest BCUT2D eigenvalue weighted by molar-refractivity contribution is 0.245. The van der Waals surface area contributed by atoms with Crippen molar-refractivity contribution in [3.63, 3.8) is 0 Å². The third-order valence-electron chi connectivity index (χ3n) is 1.71. The number of hydrogen-bond acceptors (Lipinski definition) is 3. The van der Waals surface area contributed by atoms with E-state index >= 15 is 0 Å². The van der Waals surface area contributed by atoms with Gasteiger partial charge in [-0.1, -0.05) is 6.92 Å². The summed E-state index contributed by atoms with van der Waals surface area (Å²) in [5.41, 5.74) is 0. The van der Waals surface area contributed by atoms with Crippen molar-refractivity contribution in [2.24, 2.45) is 0 Å². The van der Waals surface area contributed by atoms with Crippen molar-refractivity contribution < 1.29 is 4.79 Å². The van der Waals surface area contributed by atoms with E-state index in [9.17, 15) is 4.79 Å². The Labute approximate surface area is 63.4 Å². The highest BCUT2D eigenvalue weighted by atomic mass is 16.2. The van der Waals surface area contributed by atoms with Gasteiger partial charge in [-0.25, -0.2) is 9.36 Å². The molecule has 0 saturated heterocycles. The Bertz CT molecular complexity index is 304. The molecule has 0 aromatic carbocycles. The first kappa shape index (κ1) is 6.33. The van der Waals surface area contributed by atoms with Crippen molar-refractivity contribution in [2.45, 2.75) is 19.9 Å². The van der Waals surface area contributed by atoms with Gasteiger partial charge in [0, 0.05) is 6.42 Å². The Morgan fingerprint density at radius 2 is 2.45 bits per heavy atom. The fourth-order valence-corrected chi connectivity index (χ4v) is 1.17. The van der Waals surface area contributed by atoms with Crippen molar-refractivity contribution >= 4 is 6.03 Å². The molecule has 0 fully saturated rings. The van der Waals surface area contributed by atoms with Crippen molar-refractivity contribution in [3.05, 3.63) is 11.6 Å². The Kier molecular flexibility index (Phi) is 1.18. The van der Waals surface area contributed by atoms with Crippen LogP contribution in [0, 0.1) is 0 Å². The monoisotopic (exact) mass is 152 g/mol. The van der Waals surface area contributed by atoms with Crippen LogP contribution in [0.4, 0.5) is 4.79 Å². The Hall–Kier alpha value is -1.39. The molecule has 58 valence electrons. The van der Waals surface area contributed by atoms with Gasteiger partial charge in [0.25, 0.3) is 0 Å². The molecular formula is C6H8N4O. The molecule has 5 heteroatoms. The van der Waals surface area contributed by atoms with Gasteiger partial charge in [0.15, 0.2) is 5.82 Å². The van der Waals surface area contributed by atoms with Crippen LogP contribution >= 0.6 is 0 Å². The average molecular weight is 152 g/mol. The molecule has 0 saturated carbocycles. The maximum Gasteiger partial charge on any atom is 0.328 e. The van der Waals surface area contributed by atoms with Crippen molar-refractivity contribution in [1.82, 2.24) is 20.1 Å². The predicted octanol–water partition coefficient (Wildman–Crippen LogP) is -0.0882. The highest BCUT2D eigenvalue weighted by molar-refractivity contribution is 5.80. The lowest BCUT2D eigenvalue weighted by Crippen LogP contribution is -2.19. The lowest BCUT2D eigenvalue weighted by atomic mass is 10.4. The van der Waals surface area contributed by atoms with E-state index in [1.165, 1.54) is 4.57 Å². The fraction of sp³-hybridized carbons (Fsp3) is 0.500. The zero-order valence-corrected chi connectivity index (χ0v) is 6.16. The van der Waals surface area contributed by atoms with Crippen LogP contribution in [0.3, 0.4) is 0 Å². The van der Waals surface area contributed by atoms with Crippen LogP contribution in [0.1, 0.15) is 18.6 Å². The molecule has 2 heterocycles. The average Bonchev–Trinajstić information content (AvgIpc) is 2.54. The number of aryl methyl sites for hydroxylation is 1. The summed E-state index contributed by atoms with van der Waals surface area (Å²) < 4.78 is 1.53.